The fourth-order valence-electron chi connectivity index (χ4n) is 3.66. The SMILES string of the molecule is CC(=O)C1=C(C)O[C@@]2(Sc3ccccc3)CCCCC[C@@H]12. The summed E-state index contributed by atoms with van der Waals surface area (Å²) in [5.74, 6) is 1.26. The van der Waals surface area contributed by atoms with Gasteiger partial charge in [-0.1, -0.05) is 42.8 Å². The van der Waals surface area contributed by atoms with Crippen LogP contribution in [0.2, 0.25) is 0 Å². The molecule has 0 N–H and O–H groups in total. The molecule has 1 fully saturated rings. The van der Waals surface area contributed by atoms with Crippen LogP contribution in [-0.2, 0) is 9.53 Å². The van der Waals surface area contributed by atoms with Gasteiger partial charge in [0.05, 0.1) is 0 Å². The molecule has 0 unspecified atom stereocenters. The lowest BCUT2D eigenvalue weighted by atomic mass is 9.88. The van der Waals surface area contributed by atoms with Crippen molar-refractivity contribution in [1.82, 2.24) is 0 Å². The normalized spacial score (nSPS) is 28.8. The lowest BCUT2D eigenvalue weighted by molar-refractivity contribution is -0.114. The molecule has 1 saturated carbocycles. The van der Waals surface area contributed by atoms with E-state index in [0.29, 0.717) is 0 Å². The number of benzene rings is 1. The summed E-state index contributed by atoms with van der Waals surface area (Å²) in [6, 6.07) is 10.4. The molecule has 112 valence electrons. The van der Waals surface area contributed by atoms with Gasteiger partial charge in [0.25, 0.3) is 0 Å². The molecule has 21 heavy (non-hydrogen) atoms. The van der Waals surface area contributed by atoms with E-state index >= 15 is 0 Å². The Kier molecular flexibility index (Phi) is 4.12. The molecule has 2 nitrogen and oxygen atoms in total. The first kappa shape index (κ1) is 14.7. The van der Waals surface area contributed by atoms with Crippen molar-refractivity contribution >= 4 is 17.5 Å². The number of hydrogen-bond acceptors (Lipinski definition) is 3. The largest absolute Gasteiger partial charge is 0.480 e. The van der Waals surface area contributed by atoms with Crippen molar-refractivity contribution in [3.05, 3.63) is 41.7 Å². The average Bonchev–Trinajstić information content (AvgIpc) is 2.58. The highest BCUT2D eigenvalue weighted by atomic mass is 32.2. The highest BCUT2D eigenvalue weighted by Gasteiger charge is 2.50. The van der Waals surface area contributed by atoms with Crippen LogP contribution in [0.1, 0.15) is 46.0 Å². The van der Waals surface area contributed by atoms with Crippen molar-refractivity contribution < 1.29 is 9.53 Å². The molecule has 0 saturated heterocycles. The molecule has 1 aliphatic heterocycles. The van der Waals surface area contributed by atoms with Crippen LogP contribution in [0.25, 0.3) is 0 Å². The Hall–Kier alpha value is -1.22. The van der Waals surface area contributed by atoms with Gasteiger partial charge in [-0.25, -0.2) is 0 Å². The first-order valence-electron chi connectivity index (χ1n) is 7.77. The van der Waals surface area contributed by atoms with Crippen molar-refractivity contribution in [2.45, 2.75) is 55.8 Å². The first-order valence-corrected chi connectivity index (χ1v) is 8.59. The van der Waals surface area contributed by atoms with Gasteiger partial charge in [-0.3, -0.25) is 4.79 Å². The number of allylic oxidation sites excluding steroid dienone is 1. The summed E-state index contributed by atoms with van der Waals surface area (Å²) in [7, 11) is 0. The third kappa shape index (κ3) is 2.76. The van der Waals surface area contributed by atoms with E-state index in [0.717, 1.165) is 24.2 Å². The molecular formula is C18H22O2S. The highest BCUT2D eigenvalue weighted by Crippen LogP contribution is 2.55. The molecular weight excluding hydrogens is 280 g/mol. The van der Waals surface area contributed by atoms with Gasteiger partial charge in [-0.05, 0) is 45.2 Å². The van der Waals surface area contributed by atoms with Gasteiger partial charge in [0, 0.05) is 16.4 Å². The van der Waals surface area contributed by atoms with Crippen LogP contribution >= 0.6 is 11.8 Å². The Labute approximate surface area is 131 Å². The van der Waals surface area contributed by atoms with Gasteiger partial charge in [0.15, 0.2) is 10.7 Å². The first-order chi connectivity index (χ1) is 10.1. The summed E-state index contributed by atoms with van der Waals surface area (Å²) in [4.78, 5) is 13.0. The number of rotatable bonds is 3. The van der Waals surface area contributed by atoms with Crippen molar-refractivity contribution in [3.63, 3.8) is 0 Å². The highest BCUT2D eigenvalue weighted by molar-refractivity contribution is 8.00. The number of ether oxygens (including phenoxy) is 1. The van der Waals surface area contributed by atoms with Crippen LogP contribution in [0.4, 0.5) is 0 Å². The summed E-state index contributed by atoms with van der Waals surface area (Å²) in [6.07, 6.45) is 5.68. The minimum Gasteiger partial charge on any atom is -0.480 e. The van der Waals surface area contributed by atoms with E-state index in [-0.39, 0.29) is 16.6 Å². The fraction of sp³-hybridized carbons (Fsp3) is 0.500. The number of hydrogen-bond donors (Lipinski definition) is 0. The molecule has 0 bridgehead atoms. The fourth-order valence-corrected chi connectivity index (χ4v) is 5.14. The van der Waals surface area contributed by atoms with E-state index in [1.807, 2.05) is 13.0 Å². The monoisotopic (exact) mass is 302 g/mol. The number of ketones is 1. The Morgan fingerprint density at radius 3 is 2.71 bits per heavy atom. The second kappa shape index (κ2) is 5.88. The predicted octanol–water partition coefficient (Wildman–Crippen LogP) is 4.95. The second-order valence-corrected chi connectivity index (χ2v) is 7.37. The zero-order valence-corrected chi connectivity index (χ0v) is 13.5. The topological polar surface area (TPSA) is 26.3 Å². The molecule has 1 aromatic rings. The van der Waals surface area contributed by atoms with Gasteiger partial charge < -0.3 is 4.74 Å². The molecule has 0 amide bonds. The van der Waals surface area contributed by atoms with Crippen LogP contribution in [0.3, 0.4) is 0 Å². The smallest absolute Gasteiger partial charge is 0.165 e. The lowest BCUT2D eigenvalue weighted by Gasteiger charge is -2.34. The van der Waals surface area contributed by atoms with Gasteiger partial charge in [-0.2, -0.15) is 0 Å². The van der Waals surface area contributed by atoms with Gasteiger partial charge in [0.1, 0.15) is 5.76 Å². The molecule has 0 spiro atoms. The molecule has 3 rings (SSSR count). The third-order valence-electron chi connectivity index (χ3n) is 4.52. The number of Topliss-reactive ketones (excluding diaryl/α,β-unsaturated/α-hetero) is 1. The van der Waals surface area contributed by atoms with Gasteiger partial charge in [-0.15, -0.1) is 0 Å². The number of carbonyl (C=O) groups excluding carboxylic acids is 1. The van der Waals surface area contributed by atoms with E-state index in [4.69, 9.17) is 4.74 Å². The minimum atomic E-state index is -0.275. The van der Waals surface area contributed by atoms with E-state index in [9.17, 15) is 4.79 Å². The maximum Gasteiger partial charge on any atom is 0.165 e. The van der Waals surface area contributed by atoms with E-state index in [2.05, 4.69) is 24.3 Å². The standard InChI is InChI=1S/C18H22O2S/c1-13(19)17-14(2)20-18(12-8-4-7-11-16(17)18)21-15-9-5-3-6-10-15/h3,5-6,9-10,16H,4,7-8,11-12H2,1-2H3/t16-,18+/m0/s1. The van der Waals surface area contributed by atoms with Crippen LogP contribution in [-0.4, -0.2) is 10.7 Å². The van der Waals surface area contributed by atoms with Crippen molar-refractivity contribution in [2.24, 2.45) is 5.92 Å². The quantitative estimate of drug-likeness (QED) is 0.790. The van der Waals surface area contributed by atoms with Crippen LogP contribution in [0.5, 0.6) is 0 Å². The second-order valence-electron chi connectivity index (χ2n) is 6.01. The molecule has 1 aromatic carbocycles. The Morgan fingerprint density at radius 1 is 1.24 bits per heavy atom. The Bertz CT molecular complexity index is 564. The molecule has 1 aliphatic carbocycles. The summed E-state index contributed by atoms with van der Waals surface area (Å²) in [5.41, 5.74) is 0.931. The van der Waals surface area contributed by atoms with E-state index in [1.54, 1.807) is 18.7 Å². The molecule has 2 aliphatic rings. The number of carbonyl (C=O) groups is 1. The Morgan fingerprint density at radius 2 is 2.00 bits per heavy atom. The zero-order valence-electron chi connectivity index (χ0n) is 12.7. The molecule has 1 heterocycles. The lowest BCUT2D eigenvalue weighted by Crippen LogP contribution is -2.33. The number of thioether (sulfide) groups is 1. The average molecular weight is 302 g/mol. The molecule has 0 radical (unpaired) electrons. The predicted molar refractivity (Wildman–Crippen MR) is 86.1 cm³/mol. The van der Waals surface area contributed by atoms with Crippen molar-refractivity contribution in [1.29, 1.82) is 0 Å². The summed E-state index contributed by atoms with van der Waals surface area (Å²) >= 11 is 1.80. The maximum atomic E-state index is 12.1. The minimum absolute atomic E-state index is 0.176. The van der Waals surface area contributed by atoms with Gasteiger partial charge >= 0.3 is 0 Å². The molecule has 3 heteroatoms. The van der Waals surface area contributed by atoms with Crippen molar-refractivity contribution in [3.8, 4) is 0 Å². The summed E-state index contributed by atoms with van der Waals surface area (Å²) in [6.45, 7) is 3.63. The van der Waals surface area contributed by atoms with E-state index in [1.165, 1.54) is 24.2 Å². The Balaban J connectivity index is 1.95. The van der Waals surface area contributed by atoms with Gasteiger partial charge in [0.2, 0.25) is 0 Å². The maximum absolute atomic E-state index is 12.1. The molecule has 2 atom stereocenters. The zero-order chi connectivity index (χ0) is 14.9. The van der Waals surface area contributed by atoms with Crippen LogP contribution < -0.4 is 0 Å². The van der Waals surface area contributed by atoms with Crippen LogP contribution in [0, 0.1) is 5.92 Å². The summed E-state index contributed by atoms with van der Waals surface area (Å²) in [5, 5.41) is 0. The van der Waals surface area contributed by atoms with Crippen molar-refractivity contribution in [2.75, 3.05) is 0 Å². The molecule has 0 aromatic heterocycles. The third-order valence-corrected chi connectivity index (χ3v) is 5.94. The van der Waals surface area contributed by atoms with E-state index < -0.39 is 0 Å². The number of fused-ring (bicyclic) bond motifs is 1. The van der Waals surface area contributed by atoms with Crippen LogP contribution in [0.15, 0.2) is 46.6 Å². The summed E-state index contributed by atoms with van der Waals surface area (Å²) < 4.78 is 6.33.